The van der Waals surface area contributed by atoms with Crippen molar-refractivity contribution in [1.82, 2.24) is 14.8 Å². The molecule has 14 heteroatoms. The monoisotopic (exact) mass is 745 g/mol. The highest BCUT2D eigenvalue weighted by molar-refractivity contribution is 6.04. The molecule has 6 rings (SSSR count). The van der Waals surface area contributed by atoms with Gasteiger partial charge in [-0.05, 0) is 74.7 Å². The Kier molecular flexibility index (Phi) is 10.9. The molecular formula is C40H45F2N5O7. The van der Waals surface area contributed by atoms with Crippen LogP contribution in [-0.4, -0.2) is 84.7 Å². The Hall–Kier alpha value is -5.50. The van der Waals surface area contributed by atoms with E-state index < -0.39 is 40.4 Å². The number of carbonyl (C=O) groups excluding carboxylic acids is 3. The summed E-state index contributed by atoms with van der Waals surface area (Å²) in [4.78, 5) is 46.9. The van der Waals surface area contributed by atoms with Crippen molar-refractivity contribution in [2.45, 2.75) is 40.2 Å². The van der Waals surface area contributed by atoms with Crippen LogP contribution < -0.4 is 24.8 Å². The minimum Gasteiger partial charge on any atom is -0.493 e. The number of ether oxygens (including phenoxy) is 4. The summed E-state index contributed by atoms with van der Waals surface area (Å²) >= 11 is 0. The van der Waals surface area contributed by atoms with Crippen LogP contribution in [0.15, 0.2) is 66.9 Å². The number of anilines is 2. The molecule has 3 aromatic carbocycles. The van der Waals surface area contributed by atoms with Gasteiger partial charge in [0, 0.05) is 67.8 Å². The second kappa shape index (κ2) is 15.5. The molecule has 0 bridgehead atoms. The highest BCUT2D eigenvalue weighted by Gasteiger charge is 2.65. The lowest BCUT2D eigenvalue weighted by molar-refractivity contribution is -0.122. The Morgan fingerprint density at radius 3 is 2.11 bits per heavy atom. The van der Waals surface area contributed by atoms with Gasteiger partial charge in [0.2, 0.25) is 11.8 Å². The molecule has 1 saturated heterocycles. The number of aromatic nitrogens is 1. The highest BCUT2D eigenvalue weighted by atomic mass is 19.1. The summed E-state index contributed by atoms with van der Waals surface area (Å²) in [5, 5.41) is 6.02. The predicted molar refractivity (Wildman–Crippen MR) is 199 cm³/mol. The maximum Gasteiger partial charge on any atom is 0.410 e. The molecule has 3 amide bonds. The van der Waals surface area contributed by atoms with E-state index in [1.807, 2.05) is 34.6 Å². The molecule has 286 valence electrons. The lowest BCUT2D eigenvalue weighted by Gasteiger charge is -2.35. The van der Waals surface area contributed by atoms with Crippen molar-refractivity contribution in [3.63, 3.8) is 0 Å². The van der Waals surface area contributed by atoms with Crippen LogP contribution in [0.4, 0.5) is 25.0 Å². The number of nitrogens with one attached hydrogen (secondary N) is 2. The van der Waals surface area contributed by atoms with E-state index in [9.17, 15) is 18.8 Å². The number of pyridine rings is 1. The summed E-state index contributed by atoms with van der Waals surface area (Å²) < 4.78 is 51.9. The molecule has 2 heterocycles. The minimum absolute atomic E-state index is 0.0742. The fourth-order valence-electron chi connectivity index (χ4n) is 6.62. The second-order valence-corrected chi connectivity index (χ2v) is 15.0. The molecule has 2 fully saturated rings. The van der Waals surface area contributed by atoms with Gasteiger partial charge in [-0.3, -0.25) is 19.5 Å². The van der Waals surface area contributed by atoms with Crippen LogP contribution in [0.5, 0.6) is 23.0 Å². The van der Waals surface area contributed by atoms with Crippen molar-refractivity contribution < 1.29 is 42.1 Å². The zero-order valence-electron chi connectivity index (χ0n) is 31.2. The van der Waals surface area contributed by atoms with E-state index in [0.717, 1.165) is 6.07 Å². The van der Waals surface area contributed by atoms with Crippen molar-refractivity contribution in [2.24, 2.45) is 17.3 Å². The number of fused-ring (bicyclic) bond motifs is 1. The van der Waals surface area contributed by atoms with E-state index in [1.54, 1.807) is 29.3 Å². The third-order valence-electron chi connectivity index (χ3n) is 9.60. The van der Waals surface area contributed by atoms with E-state index in [1.165, 1.54) is 43.5 Å². The number of rotatable bonds is 11. The van der Waals surface area contributed by atoms with Crippen LogP contribution in [-0.2, 0) is 14.3 Å². The molecule has 1 saturated carbocycles. The zero-order chi connectivity index (χ0) is 38.8. The molecule has 1 aliphatic heterocycles. The number of methoxy groups -OCH3 is 1. The van der Waals surface area contributed by atoms with Crippen molar-refractivity contribution in [2.75, 3.05) is 57.1 Å². The van der Waals surface area contributed by atoms with E-state index >= 15 is 4.39 Å². The van der Waals surface area contributed by atoms with Gasteiger partial charge in [0.15, 0.2) is 23.1 Å². The van der Waals surface area contributed by atoms with Crippen molar-refractivity contribution >= 4 is 40.2 Å². The Morgan fingerprint density at radius 1 is 0.833 bits per heavy atom. The van der Waals surface area contributed by atoms with Crippen molar-refractivity contribution in [3.05, 3.63) is 78.5 Å². The maximum atomic E-state index is 15.4. The number of nitrogens with zero attached hydrogens (tertiary/aromatic N) is 3. The largest absolute Gasteiger partial charge is 0.493 e. The van der Waals surface area contributed by atoms with Crippen LogP contribution in [0.1, 0.15) is 34.6 Å². The van der Waals surface area contributed by atoms with E-state index in [-0.39, 0.29) is 23.4 Å². The Bertz CT molecular complexity index is 2030. The first-order valence-corrected chi connectivity index (χ1v) is 17.8. The summed E-state index contributed by atoms with van der Waals surface area (Å²) in [6.07, 6.45) is 1.24. The zero-order valence-corrected chi connectivity index (χ0v) is 31.2. The summed E-state index contributed by atoms with van der Waals surface area (Å²) in [6.45, 7) is 12.7. The predicted octanol–water partition coefficient (Wildman–Crippen LogP) is 7.09. The Morgan fingerprint density at radius 2 is 1.48 bits per heavy atom. The number of carbonyl (C=O) groups is 3. The summed E-state index contributed by atoms with van der Waals surface area (Å²) in [5.74, 6) is -1.98. The average molecular weight is 746 g/mol. The van der Waals surface area contributed by atoms with Gasteiger partial charge in [-0.1, -0.05) is 13.8 Å². The van der Waals surface area contributed by atoms with E-state index in [0.29, 0.717) is 73.2 Å². The molecule has 2 atom stereocenters. The second-order valence-electron chi connectivity index (χ2n) is 15.0. The summed E-state index contributed by atoms with van der Waals surface area (Å²) in [6, 6.07) is 14.5. The van der Waals surface area contributed by atoms with Gasteiger partial charge in [-0.15, -0.1) is 0 Å². The fourth-order valence-corrected chi connectivity index (χ4v) is 6.62. The fraction of sp³-hybridized carbons (Fsp3) is 0.400. The third-order valence-corrected chi connectivity index (χ3v) is 9.60. The van der Waals surface area contributed by atoms with Crippen LogP contribution in [0.25, 0.3) is 10.9 Å². The molecule has 54 heavy (non-hydrogen) atoms. The van der Waals surface area contributed by atoms with Crippen molar-refractivity contribution in [1.29, 1.82) is 0 Å². The van der Waals surface area contributed by atoms with Crippen LogP contribution in [0.2, 0.25) is 0 Å². The molecule has 1 aromatic heterocycles. The van der Waals surface area contributed by atoms with E-state index in [4.69, 9.17) is 18.9 Å². The molecule has 4 aromatic rings. The smallest absolute Gasteiger partial charge is 0.410 e. The number of halogens is 2. The summed E-state index contributed by atoms with van der Waals surface area (Å²) in [5.41, 5.74) is 0.00471. The van der Waals surface area contributed by atoms with Gasteiger partial charge < -0.3 is 34.5 Å². The lowest BCUT2D eigenvalue weighted by atomic mass is 10.1. The standard InChI is InChI=1S/C40H45F2N5O7/c1-39(2,3)54-38(50)47-17-15-46(16-18-47)19-20-52-33-23-29-27(22-32(33)51-6)30(13-14-43-29)53-31-12-11-26(21-28(31)42)45-37(49)35-34(40(35,4)5)36(48)44-25-9-7-24(41)8-10-25/h7-14,21-23,34-35H,15-20H2,1-6H3,(H,44,48)(H,45,49)/t34-,35+/m0/s1. The van der Waals surface area contributed by atoms with E-state index in [2.05, 4.69) is 20.5 Å². The van der Waals surface area contributed by atoms with Gasteiger partial charge in [-0.2, -0.15) is 0 Å². The molecule has 1 aliphatic carbocycles. The van der Waals surface area contributed by atoms with Crippen LogP contribution >= 0.6 is 0 Å². The molecule has 12 nitrogen and oxygen atoms in total. The normalized spacial score (nSPS) is 18.1. The first-order chi connectivity index (χ1) is 25.6. The van der Waals surface area contributed by atoms with Crippen LogP contribution in [0, 0.1) is 28.9 Å². The maximum absolute atomic E-state index is 15.4. The topological polar surface area (TPSA) is 132 Å². The number of benzene rings is 3. The third kappa shape index (κ3) is 8.82. The Balaban J connectivity index is 1.05. The number of hydrogen-bond donors (Lipinski definition) is 2. The van der Waals surface area contributed by atoms with Crippen molar-refractivity contribution in [3.8, 4) is 23.0 Å². The first kappa shape index (κ1) is 38.2. The molecule has 0 unspecified atom stereocenters. The van der Waals surface area contributed by atoms with Gasteiger partial charge in [0.05, 0.1) is 24.5 Å². The van der Waals surface area contributed by atoms with Gasteiger partial charge >= 0.3 is 6.09 Å². The van der Waals surface area contributed by atoms with Gasteiger partial charge in [0.25, 0.3) is 0 Å². The Labute approximate surface area is 312 Å². The SMILES string of the molecule is COc1cc2c(Oc3ccc(NC(=O)[C@H]4[C@@H](C(=O)Nc5ccc(F)cc5)C4(C)C)cc3F)ccnc2cc1OCCN1CCN(C(=O)OC(C)(C)C)CC1. The number of piperazine rings is 1. The quantitative estimate of drug-likeness (QED) is 0.165. The van der Waals surface area contributed by atoms with Gasteiger partial charge in [0.1, 0.15) is 23.8 Å². The van der Waals surface area contributed by atoms with Crippen LogP contribution in [0.3, 0.4) is 0 Å². The minimum atomic E-state index is -0.711. The molecular weight excluding hydrogens is 700 g/mol. The highest BCUT2D eigenvalue weighted by Crippen LogP contribution is 2.59. The molecule has 0 spiro atoms. The average Bonchev–Trinajstić information content (AvgIpc) is 3.71. The lowest BCUT2D eigenvalue weighted by Crippen LogP contribution is -2.50. The van der Waals surface area contributed by atoms with Gasteiger partial charge in [-0.25, -0.2) is 13.6 Å². The summed E-state index contributed by atoms with van der Waals surface area (Å²) in [7, 11) is 1.52. The molecule has 2 N–H and O–H groups in total. The number of amides is 3. The first-order valence-electron chi connectivity index (χ1n) is 17.8. The molecule has 0 radical (unpaired) electrons. The number of hydrogen-bond acceptors (Lipinski definition) is 9. The molecule has 2 aliphatic rings.